The molecule has 3 unspecified atom stereocenters. The third-order valence-corrected chi connectivity index (χ3v) is 6.87. The van der Waals surface area contributed by atoms with Crippen molar-refractivity contribution in [3.05, 3.63) is 53.3 Å². The SMILES string of the molecule is CC(CCCc1ccncc1)c1cc(O)c2c(c1)OC(C)(C)C1CCC(=O)CC21. The fourth-order valence-corrected chi connectivity index (χ4v) is 5.20. The van der Waals surface area contributed by atoms with Crippen LogP contribution in [0.25, 0.3) is 0 Å². The zero-order chi connectivity index (χ0) is 20.6. The van der Waals surface area contributed by atoms with Crippen molar-refractivity contribution in [2.24, 2.45) is 5.92 Å². The monoisotopic (exact) mass is 393 g/mol. The van der Waals surface area contributed by atoms with E-state index in [0.29, 0.717) is 30.3 Å². The topological polar surface area (TPSA) is 59.4 Å². The Bertz CT molecular complexity index is 890. The average Bonchev–Trinajstić information content (AvgIpc) is 2.67. The van der Waals surface area contributed by atoms with Gasteiger partial charge in [0.2, 0.25) is 0 Å². The van der Waals surface area contributed by atoms with Crippen LogP contribution in [0.3, 0.4) is 0 Å². The molecule has 1 aliphatic carbocycles. The molecule has 1 aromatic heterocycles. The highest BCUT2D eigenvalue weighted by atomic mass is 16.5. The Balaban J connectivity index is 1.53. The number of carbonyl (C=O) groups is 1. The van der Waals surface area contributed by atoms with E-state index in [2.05, 4.69) is 44.0 Å². The van der Waals surface area contributed by atoms with Gasteiger partial charge in [-0.2, -0.15) is 0 Å². The number of fused-ring (bicyclic) bond motifs is 3. The number of aromatic hydroxyl groups is 1. The third kappa shape index (κ3) is 4.03. The van der Waals surface area contributed by atoms with Gasteiger partial charge >= 0.3 is 0 Å². The van der Waals surface area contributed by atoms with Crippen LogP contribution in [0.1, 0.15) is 81.4 Å². The summed E-state index contributed by atoms with van der Waals surface area (Å²) >= 11 is 0. The predicted octanol–water partition coefficient (Wildman–Crippen LogP) is 5.54. The van der Waals surface area contributed by atoms with Crippen LogP contribution in [-0.4, -0.2) is 21.5 Å². The van der Waals surface area contributed by atoms with Crippen LogP contribution in [-0.2, 0) is 11.2 Å². The first kappa shape index (κ1) is 19.9. The van der Waals surface area contributed by atoms with E-state index >= 15 is 0 Å². The lowest BCUT2D eigenvalue weighted by Gasteiger charge is -2.47. The molecule has 1 aliphatic heterocycles. The first-order chi connectivity index (χ1) is 13.8. The van der Waals surface area contributed by atoms with Crippen molar-refractivity contribution >= 4 is 5.78 Å². The van der Waals surface area contributed by atoms with Gasteiger partial charge in [0.25, 0.3) is 0 Å². The van der Waals surface area contributed by atoms with Crippen LogP contribution >= 0.6 is 0 Å². The Hall–Kier alpha value is -2.36. The second-order valence-electron chi connectivity index (χ2n) is 9.30. The van der Waals surface area contributed by atoms with Crippen molar-refractivity contribution in [1.82, 2.24) is 4.98 Å². The van der Waals surface area contributed by atoms with Gasteiger partial charge in [0.15, 0.2) is 0 Å². The molecule has 2 heterocycles. The number of phenolic OH excluding ortho intramolecular Hbond substituents is 1. The Morgan fingerprint density at radius 3 is 2.79 bits per heavy atom. The minimum atomic E-state index is -0.325. The predicted molar refractivity (Wildman–Crippen MR) is 113 cm³/mol. The van der Waals surface area contributed by atoms with Crippen molar-refractivity contribution in [2.45, 2.75) is 76.7 Å². The normalized spacial score (nSPS) is 23.6. The summed E-state index contributed by atoms with van der Waals surface area (Å²) in [6, 6.07) is 8.12. The highest BCUT2D eigenvalue weighted by molar-refractivity contribution is 5.81. The Labute approximate surface area is 173 Å². The van der Waals surface area contributed by atoms with Crippen LogP contribution in [0.2, 0.25) is 0 Å². The van der Waals surface area contributed by atoms with E-state index in [9.17, 15) is 9.90 Å². The van der Waals surface area contributed by atoms with Crippen LogP contribution < -0.4 is 4.74 Å². The minimum absolute atomic E-state index is 0.0612. The number of hydrogen-bond acceptors (Lipinski definition) is 4. The van der Waals surface area contributed by atoms with Crippen molar-refractivity contribution in [2.75, 3.05) is 0 Å². The molecule has 3 atom stereocenters. The number of ether oxygens (including phenoxy) is 1. The summed E-state index contributed by atoms with van der Waals surface area (Å²) in [5.41, 5.74) is 2.93. The van der Waals surface area contributed by atoms with E-state index in [-0.39, 0.29) is 17.4 Å². The molecule has 4 nitrogen and oxygen atoms in total. The summed E-state index contributed by atoms with van der Waals surface area (Å²) in [5.74, 6) is 2.00. The van der Waals surface area contributed by atoms with Crippen LogP contribution in [0.5, 0.6) is 11.5 Å². The summed E-state index contributed by atoms with van der Waals surface area (Å²) in [6.45, 7) is 6.44. The molecule has 0 saturated heterocycles. The maximum atomic E-state index is 12.1. The fraction of sp³-hybridized carbons (Fsp3) is 0.520. The Morgan fingerprint density at radius 1 is 1.28 bits per heavy atom. The third-order valence-electron chi connectivity index (χ3n) is 6.87. The van der Waals surface area contributed by atoms with Gasteiger partial charge < -0.3 is 9.84 Å². The number of aromatic nitrogens is 1. The smallest absolute Gasteiger partial charge is 0.133 e. The molecule has 4 rings (SSSR count). The molecule has 0 spiro atoms. The number of benzene rings is 1. The van der Waals surface area contributed by atoms with Gasteiger partial charge in [-0.1, -0.05) is 6.92 Å². The van der Waals surface area contributed by atoms with Gasteiger partial charge in [-0.15, -0.1) is 0 Å². The van der Waals surface area contributed by atoms with E-state index in [4.69, 9.17) is 4.74 Å². The number of ketones is 1. The first-order valence-corrected chi connectivity index (χ1v) is 10.8. The van der Waals surface area contributed by atoms with E-state index < -0.39 is 0 Å². The number of nitrogens with zero attached hydrogens (tertiary/aromatic N) is 1. The number of phenols is 1. The maximum Gasteiger partial charge on any atom is 0.133 e. The number of rotatable bonds is 5. The largest absolute Gasteiger partial charge is 0.508 e. The molecule has 4 heteroatoms. The average molecular weight is 394 g/mol. The van der Waals surface area contributed by atoms with Gasteiger partial charge in [0, 0.05) is 42.6 Å². The number of carbonyl (C=O) groups excluding carboxylic acids is 1. The lowest BCUT2D eigenvalue weighted by Crippen LogP contribution is -2.47. The van der Waals surface area contributed by atoms with Crippen LogP contribution in [0, 0.1) is 5.92 Å². The van der Waals surface area contributed by atoms with Gasteiger partial charge in [0.1, 0.15) is 22.9 Å². The number of hydrogen-bond donors (Lipinski definition) is 1. The fourth-order valence-electron chi connectivity index (χ4n) is 5.20. The minimum Gasteiger partial charge on any atom is -0.508 e. The summed E-state index contributed by atoms with van der Waals surface area (Å²) in [4.78, 5) is 16.2. The Morgan fingerprint density at radius 2 is 2.03 bits per heavy atom. The molecular weight excluding hydrogens is 362 g/mol. The summed E-state index contributed by atoms with van der Waals surface area (Å²) in [7, 11) is 0. The summed E-state index contributed by atoms with van der Waals surface area (Å²) < 4.78 is 6.39. The molecule has 0 bridgehead atoms. The molecule has 1 fully saturated rings. The molecule has 1 aromatic carbocycles. The number of pyridine rings is 1. The molecular formula is C25H31NO3. The molecule has 0 radical (unpaired) electrons. The Kier molecular flexibility index (Phi) is 5.37. The van der Waals surface area contributed by atoms with E-state index in [0.717, 1.165) is 42.6 Å². The molecule has 154 valence electrons. The summed E-state index contributed by atoms with van der Waals surface area (Å²) in [6.07, 6.45) is 8.78. The zero-order valence-corrected chi connectivity index (χ0v) is 17.6. The lowest BCUT2D eigenvalue weighted by molar-refractivity contribution is -0.124. The molecule has 29 heavy (non-hydrogen) atoms. The van der Waals surface area contributed by atoms with Crippen molar-refractivity contribution < 1.29 is 14.6 Å². The van der Waals surface area contributed by atoms with Crippen molar-refractivity contribution in [1.29, 1.82) is 0 Å². The highest BCUT2D eigenvalue weighted by Gasteiger charge is 2.47. The lowest BCUT2D eigenvalue weighted by atomic mass is 9.66. The molecule has 1 saturated carbocycles. The highest BCUT2D eigenvalue weighted by Crippen LogP contribution is 2.54. The van der Waals surface area contributed by atoms with Crippen LogP contribution in [0.15, 0.2) is 36.7 Å². The van der Waals surface area contributed by atoms with Crippen molar-refractivity contribution in [3.8, 4) is 11.5 Å². The zero-order valence-electron chi connectivity index (χ0n) is 17.6. The number of aryl methyl sites for hydroxylation is 1. The molecule has 1 N–H and O–H groups in total. The quantitative estimate of drug-likeness (QED) is 0.725. The van der Waals surface area contributed by atoms with Crippen LogP contribution in [0.4, 0.5) is 0 Å². The number of Topliss-reactive ketones (excluding diaryl/α,β-unsaturated/α-hetero) is 1. The second-order valence-corrected chi connectivity index (χ2v) is 9.30. The molecule has 0 amide bonds. The maximum absolute atomic E-state index is 12.1. The van der Waals surface area contributed by atoms with Crippen molar-refractivity contribution in [3.63, 3.8) is 0 Å². The van der Waals surface area contributed by atoms with E-state index in [1.165, 1.54) is 5.56 Å². The van der Waals surface area contributed by atoms with Gasteiger partial charge in [0.05, 0.1) is 0 Å². The molecule has 2 aromatic rings. The first-order valence-electron chi connectivity index (χ1n) is 10.8. The standard InChI is InChI=1S/C25H31NO3/c1-16(5-4-6-17-9-11-26-12-10-17)18-13-22(28)24-20-15-19(27)7-8-21(20)25(2,3)29-23(24)14-18/h9-14,16,20-21,28H,4-8,15H2,1-3H3. The van der Waals surface area contributed by atoms with E-state index in [1.54, 1.807) is 0 Å². The van der Waals surface area contributed by atoms with E-state index in [1.807, 2.05) is 18.5 Å². The van der Waals surface area contributed by atoms with Gasteiger partial charge in [-0.05, 0) is 80.8 Å². The second kappa shape index (κ2) is 7.81. The van der Waals surface area contributed by atoms with Gasteiger partial charge in [-0.25, -0.2) is 0 Å². The summed E-state index contributed by atoms with van der Waals surface area (Å²) in [5, 5.41) is 10.9. The van der Waals surface area contributed by atoms with Gasteiger partial charge in [-0.3, -0.25) is 9.78 Å². The molecule has 2 aliphatic rings.